The highest BCUT2D eigenvalue weighted by atomic mass is 16.2. The van der Waals surface area contributed by atoms with Gasteiger partial charge in [-0.2, -0.15) is 0 Å². The van der Waals surface area contributed by atoms with Crippen LogP contribution in [0, 0.1) is 0 Å². The number of rotatable bonds is 4. The fourth-order valence-corrected chi connectivity index (χ4v) is 3.14. The number of carbonyl (C=O) groups is 2. The molecule has 1 N–H and O–H groups in total. The Hall–Kier alpha value is -2.62. The van der Waals surface area contributed by atoms with Crippen molar-refractivity contribution < 1.29 is 9.59 Å². The maximum absolute atomic E-state index is 12.9. The van der Waals surface area contributed by atoms with E-state index < -0.39 is 5.41 Å². The minimum atomic E-state index is -0.417. The van der Waals surface area contributed by atoms with Crippen LogP contribution in [-0.4, -0.2) is 30.8 Å². The van der Waals surface area contributed by atoms with E-state index in [1.807, 2.05) is 30.3 Å². The zero-order valence-corrected chi connectivity index (χ0v) is 14.1. The van der Waals surface area contributed by atoms with Crippen molar-refractivity contribution in [1.82, 2.24) is 4.90 Å². The fraction of sp³-hybridized carbons (Fsp3) is 0.300. The van der Waals surface area contributed by atoms with Gasteiger partial charge in [0.15, 0.2) is 0 Å². The average molecular weight is 322 g/mol. The van der Waals surface area contributed by atoms with E-state index in [2.05, 4.69) is 5.32 Å². The predicted molar refractivity (Wildman–Crippen MR) is 95.1 cm³/mol. The highest BCUT2D eigenvalue weighted by Crippen LogP contribution is 2.44. The van der Waals surface area contributed by atoms with Gasteiger partial charge >= 0.3 is 0 Å². The van der Waals surface area contributed by atoms with Crippen LogP contribution >= 0.6 is 0 Å². The first-order valence-corrected chi connectivity index (χ1v) is 8.22. The van der Waals surface area contributed by atoms with Crippen molar-refractivity contribution in [2.45, 2.75) is 24.7 Å². The summed E-state index contributed by atoms with van der Waals surface area (Å²) in [5.41, 5.74) is 1.99. The topological polar surface area (TPSA) is 49.4 Å². The van der Waals surface area contributed by atoms with Crippen LogP contribution in [0.3, 0.4) is 0 Å². The number of amides is 2. The zero-order chi connectivity index (χ0) is 17.2. The van der Waals surface area contributed by atoms with Gasteiger partial charge in [-0.05, 0) is 42.7 Å². The van der Waals surface area contributed by atoms with E-state index in [0.717, 1.165) is 30.5 Å². The van der Waals surface area contributed by atoms with Crippen LogP contribution < -0.4 is 5.32 Å². The normalized spacial score (nSPS) is 15.2. The van der Waals surface area contributed by atoms with Crippen molar-refractivity contribution in [1.29, 1.82) is 0 Å². The van der Waals surface area contributed by atoms with Gasteiger partial charge in [-0.25, -0.2) is 0 Å². The number of nitrogens with zero attached hydrogens (tertiary/aromatic N) is 1. The molecule has 124 valence electrons. The standard InChI is InChI=1S/C20H22N2O2/c1-22(2)18(23)15-9-11-17(12-10-15)21-19(24)20(13-6-14-20)16-7-4-3-5-8-16/h3-5,7-12H,6,13-14H2,1-2H3,(H,21,24). The SMILES string of the molecule is CN(C)C(=O)c1ccc(NC(=O)C2(c3ccccc3)CCC2)cc1. The summed E-state index contributed by atoms with van der Waals surface area (Å²) in [6.45, 7) is 0. The monoisotopic (exact) mass is 322 g/mol. The maximum Gasteiger partial charge on any atom is 0.253 e. The van der Waals surface area contributed by atoms with Gasteiger partial charge in [0.2, 0.25) is 5.91 Å². The molecule has 3 rings (SSSR count). The number of carbonyl (C=O) groups excluding carboxylic acids is 2. The van der Waals surface area contributed by atoms with E-state index in [1.165, 1.54) is 4.90 Å². The quantitative estimate of drug-likeness (QED) is 0.937. The van der Waals surface area contributed by atoms with Gasteiger partial charge in [-0.15, -0.1) is 0 Å². The number of nitrogens with one attached hydrogen (secondary N) is 1. The molecule has 0 aliphatic heterocycles. The molecule has 1 fully saturated rings. The molecule has 1 aliphatic rings. The number of benzene rings is 2. The first-order chi connectivity index (χ1) is 11.5. The second-order valence-corrected chi connectivity index (χ2v) is 6.53. The molecule has 1 saturated carbocycles. The Morgan fingerprint density at radius 3 is 2.08 bits per heavy atom. The molecule has 4 heteroatoms. The molecule has 0 atom stereocenters. The minimum Gasteiger partial charge on any atom is -0.345 e. The second kappa shape index (κ2) is 6.48. The van der Waals surface area contributed by atoms with Crippen molar-refractivity contribution in [2.24, 2.45) is 0 Å². The van der Waals surface area contributed by atoms with Crippen LogP contribution in [0.15, 0.2) is 54.6 Å². The largest absolute Gasteiger partial charge is 0.345 e. The van der Waals surface area contributed by atoms with Crippen LogP contribution in [0.25, 0.3) is 0 Å². The summed E-state index contributed by atoms with van der Waals surface area (Å²) in [5.74, 6) is -0.0146. The van der Waals surface area contributed by atoms with Crippen molar-refractivity contribution in [3.63, 3.8) is 0 Å². The lowest BCUT2D eigenvalue weighted by Gasteiger charge is -2.40. The summed E-state index contributed by atoms with van der Waals surface area (Å²) in [6.07, 6.45) is 2.82. The summed E-state index contributed by atoms with van der Waals surface area (Å²) >= 11 is 0. The summed E-state index contributed by atoms with van der Waals surface area (Å²) in [6, 6.07) is 17.0. The second-order valence-electron chi connectivity index (χ2n) is 6.53. The number of anilines is 1. The van der Waals surface area contributed by atoms with Crippen molar-refractivity contribution in [3.8, 4) is 0 Å². The molecule has 2 aromatic rings. The third-order valence-corrected chi connectivity index (χ3v) is 4.76. The van der Waals surface area contributed by atoms with Gasteiger partial charge in [0.1, 0.15) is 0 Å². The van der Waals surface area contributed by atoms with Crippen LogP contribution in [0.2, 0.25) is 0 Å². The predicted octanol–water partition coefficient (Wildman–Crippen LogP) is 3.45. The Labute approximate surface area is 142 Å². The Morgan fingerprint density at radius 1 is 0.958 bits per heavy atom. The number of hydrogen-bond acceptors (Lipinski definition) is 2. The fourth-order valence-electron chi connectivity index (χ4n) is 3.14. The Bertz CT molecular complexity index is 732. The summed E-state index contributed by atoms with van der Waals surface area (Å²) in [5, 5.41) is 3.01. The highest BCUT2D eigenvalue weighted by molar-refractivity contribution is 6.00. The van der Waals surface area contributed by atoms with E-state index in [4.69, 9.17) is 0 Å². The molecule has 0 unspecified atom stereocenters. The van der Waals surface area contributed by atoms with Gasteiger partial charge < -0.3 is 10.2 Å². The molecule has 4 nitrogen and oxygen atoms in total. The van der Waals surface area contributed by atoms with Gasteiger partial charge in [-0.1, -0.05) is 36.8 Å². The third-order valence-electron chi connectivity index (χ3n) is 4.76. The molecular weight excluding hydrogens is 300 g/mol. The van der Waals surface area contributed by atoms with Crippen molar-refractivity contribution >= 4 is 17.5 Å². The molecule has 0 heterocycles. The van der Waals surface area contributed by atoms with Crippen molar-refractivity contribution in [2.75, 3.05) is 19.4 Å². The lowest BCUT2D eigenvalue weighted by molar-refractivity contribution is -0.124. The minimum absolute atomic E-state index is 0.0339. The maximum atomic E-state index is 12.9. The molecular formula is C20H22N2O2. The van der Waals surface area contributed by atoms with Gasteiger partial charge in [0, 0.05) is 25.3 Å². The van der Waals surface area contributed by atoms with Crippen LogP contribution in [0.1, 0.15) is 35.2 Å². The Morgan fingerprint density at radius 2 is 1.58 bits per heavy atom. The number of hydrogen-bond donors (Lipinski definition) is 1. The third kappa shape index (κ3) is 2.92. The summed E-state index contributed by atoms with van der Waals surface area (Å²) < 4.78 is 0. The van der Waals surface area contributed by atoms with E-state index in [1.54, 1.807) is 38.4 Å². The zero-order valence-electron chi connectivity index (χ0n) is 14.1. The molecule has 0 radical (unpaired) electrons. The van der Waals surface area contributed by atoms with Crippen LogP contribution in [-0.2, 0) is 10.2 Å². The van der Waals surface area contributed by atoms with Crippen molar-refractivity contribution in [3.05, 3.63) is 65.7 Å². The van der Waals surface area contributed by atoms with Gasteiger partial charge in [0.25, 0.3) is 5.91 Å². The molecule has 0 bridgehead atoms. The van der Waals surface area contributed by atoms with E-state index in [0.29, 0.717) is 5.56 Å². The lowest BCUT2D eigenvalue weighted by atomic mass is 9.64. The molecule has 24 heavy (non-hydrogen) atoms. The summed E-state index contributed by atoms with van der Waals surface area (Å²) in [4.78, 5) is 26.3. The highest BCUT2D eigenvalue weighted by Gasteiger charge is 2.45. The van der Waals surface area contributed by atoms with Crippen LogP contribution in [0.4, 0.5) is 5.69 Å². The van der Waals surface area contributed by atoms with E-state index in [9.17, 15) is 9.59 Å². The Balaban J connectivity index is 1.76. The molecule has 2 aromatic carbocycles. The molecule has 0 saturated heterocycles. The molecule has 2 amide bonds. The smallest absolute Gasteiger partial charge is 0.253 e. The van der Waals surface area contributed by atoms with E-state index in [-0.39, 0.29) is 11.8 Å². The first kappa shape index (κ1) is 16.2. The van der Waals surface area contributed by atoms with E-state index >= 15 is 0 Å². The molecule has 0 spiro atoms. The first-order valence-electron chi connectivity index (χ1n) is 8.22. The average Bonchev–Trinajstić information content (AvgIpc) is 2.55. The summed E-state index contributed by atoms with van der Waals surface area (Å²) in [7, 11) is 3.44. The Kier molecular flexibility index (Phi) is 4.38. The molecule has 1 aliphatic carbocycles. The van der Waals surface area contributed by atoms with Gasteiger partial charge in [-0.3, -0.25) is 9.59 Å². The van der Waals surface area contributed by atoms with Gasteiger partial charge in [0.05, 0.1) is 5.41 Å². The van der Waals surface area contributed by atoms with Crippen LogP contribution in [0.5, 0.6) is 0 Å². The molecule has 0 aromatic heterocycles. The lowest BCUT2D eigenvalue weighted by Crippen LogP contribution is -2.45.